The first-order valence-electron chi connectivity index (χ1n) is 6.51. The summed E-state index contributed by atoms with van der Waals surface area (Å²) in [6.07, 6.45) is 10.5. The van der Waals surface area contributed by atoms with Gasteiger partial charge in [-0.2, -0.15) is 0 Å². The van der Waals surface area contributed by atoms with E-state index in [1.54, 1.807) is 0 Å². The molecule has 0 radical (unpaired) electrons. The number of imidazole rings is 1. The summed E-state index contributed by atoms with van der Waals surface area (Å²) >= 11 is 0. The quantitative estimate of drug-likeness (QED) is 0.770. The minimum absolute atomic E-state index is 0.341. The molecule has 90 valence electrons. The highest BCUT2D eigenvalue weighted by atomic mass is 15.0. The summed E-state index contributed by atoms with van der Waals surface area (Å²) in [6, 6.07) is 1.01. The molecule has 1 aromatic rings. The van der Waals surface area contributed by atoms with Crippen molar-refractivity contribution in [2.75, 3.05) is 0 Å². The highest BCUT2D eigenvalue weighted by Gasteiger charge is 2.18. The number of nitrogens with one attached hydrogen (secondary N) is 2. The van der Waals surface area contributed by atoms with Gasteiger partial charge in [0.05, 0.1) is 6.04 Å². The third-order valence-electron chi connectivity index (χ3n) is 3.67. The van der Waals surface area contributed by atoms with Crippen LogP contribution in [0.15, 0.2) is 12.4 Å². The van der Waals surface area contributed by atoms with Crippen molar-refractivity contribution in [3.63, 3.8) is 0 Å². The largest absolute Gasteiger partial charge is 0.347 e. The van der Waals surface area contributed by atoms with Crippen LogP contribution in [0.4, 0.5) is 0 Å². The number of hydrogen-bond acceptors (Lipinski definition) is 2. The van der Waals surface area contributed by atoms with Crippen LogP contribution in [0.1, 0.15) is 57.8 Å². The fourth-order valence-electron chi connectivity index (χ4n) is 2.60. The summed E-state index contributed by atoms with van der Waals surface area (Å²) in [6.45, 7) is 4.56. The van der Waals surface area contributed by atoms with Crippen molar-refractivity contribution < 1.29 is 0 Å². The van der Waals surface area contributed by atoms with Gasteiger partial charge in [0.2, 0.25) is 0 Å². The average molecular weight is 221 g/mol. The number of H-pyrrole nitrogens is 1. The van der Waals surface area contributed by atoms with Crippen LogP contribution in [0.3, 0.4) is 0 Å². The molecule has 0 amide bonds. The van der Waals surface area contributed by atoms with E-state index in [4.69, 9.17) is 0 Å². The van der Waals surface area contributed by atoms with E-state index < -0.39 is 0 Å². The second-order valence-electron chi connectivity index (χ2n) is 5.17. The van der Waals surface area contributed by atoms with Crippen molar-refractivity contribution in [3.05, 3.63) is 18.2 Å². The smallest absolute Gasteiger partial charge is 0.122 e. The van der Waals surface area contributed by atoms with Crippen molar-refractivity contribution in [1.82, 2.24) is 15.3 Å². The third kappa shape index (κ3) is 3.08. The van der Waals surface area contributed by atoms with Gasteiger partial charge in [0, 0.05) is 18.4 Å². The Kier molecular flexibility index (Phi) is 3.99. The van der Waals surface area contributed by atoms with E-state index in [0.29, 0.717) is 12.1 Å². The van der Waals surface area contributed by atoms with Crippen LogP contribution >= 0.6 is 0 Å². The zero-order valence-corrected chi connectivity index (χ0v) is 10.4. The molecular formula is C13H23N3. The molecule has 0 aromatic carbocycles. The highest BCUT2D eigenvalue weighted by molar-refractivity contribution is 4.94. The highest BCUT2D eigenvalue weighted by Crippen LogP contribution is 2.24. The molecule has 2 N–H and O–H groups in total. The molecule has 1 aromatic heterocycles. The molecule has 1 aliphatic rings. The van der Waals surface area contributed by atoms with Gasteiger partial charge in [0.15, 0.2) is 0 Å². The molecule has 1 aliphatic carbocycles. The molecular weight excluding hydrogens is 198 g/mol. The maximum atomic E-state index is 4.30. The zero-order valence-electron chi connectivity index (χ0n) is 10.4. The van der Waals surface area contributed by atoms with Gasteiger partial charge in [-0.25, -0.2) is 4.98 Å². The monoisotopic (exact) mass is 221 g/mol. The molecule has 3 nitrogen and oxygen atoms in total. The molecule has 3 heteroatoms. The fourth-order valence-corrected chi connectivity index (χ4v) is 2.60. The van der Waals surface area contributed by atoms with E-state index in [1.165, 1.54) is 32.1 Å². The summed E-state index contributed by atoms with van der Waals surface area (Å²) in [7, 11) is 0. The Labute approximate surface area is 98.1 Å². The number of nitrogens with zero attached hydrogens (tertiary/aromatic N) is 1. The fraction of sp³-hybridized carbons (Fsp3) is 0.769. The first-order chi connectivity index (χ1) is 7.75. The second-order valence-corrected chi connectivity index (χ2v) is 5.17. The van der Waals surface area contributed by atoms with Gasteiger partial charge in [-0.1, -0.05) is 19.8 Å². The lowest BCUT2D eigenvalue weighted by Crippen LogP contribution is -2.31. The first-order valence-corrected chi connectivity index (χ1v) is 6.51. The van der Waals surface area contributed by atoms with Gasteiger partial charge >= 0.3 is 0 Å². The van der Waals surface area contributed by atoms with Crippen molar-refractivity contribution in [1.29, 1.82) is 0 Å². The minimum Gasteiger partial charge on any atom is -0.347 e. The lowest BCUT2D eigenvalue weighted by Gasteiger charge is -2.20. The Morgan fingerprint density at radius 3 is 3.00 bits per heavy atom. The van der Waals surface area contributed by atoms with Gasteiger partial charge in [-0.05, 0) is 32.1 Å². The van der Waals surface area contributed by atoms with Crippen LogP contribution in [0.5, 0.6) is 0 Å². The van der Waals surface area contributed by atoms with E-state index in [0.717, 1.165) is 11.7 Å². The van der Waals surface area contributed by atoms with Gasteiger partial charge < -0.3 is 10.3 Å². The van der Waals surface area contributed by atoms with Crippen molar-refractivity contribution in [3.8, 4) is 0 Å². The predicted molar refractivity (Wildman–Crippen MR) is 66.2 cm³/mol. The predicted octanol–water partition coefficient (Wildman–Crippen LogP) is 3.03. The lowest BCUT2D eigenvalue weighted by molar-refractivity contribution is 0.400. The van der Waals surface area contributed by atoms with Crippen molar-refractivity contribution in [2.24, 2.45) is 5.92 Å². The number of aromatic nitrogens is 2. The number of hydrogen-bond donors (Lipinski definition) is 2. The van der Waals surface area contributed by atoms with Crippen molar-refractivity contribution >= 4 is 0 Å². The minimum atomic E-state index is 0.341. The van der Waals surface area contributed by atoms with Crippen LogP contribution in [-0.2, 0) is 0 Å². The van der Waals surface area contributed by atoms with E-state index in [1.807, 2.05) is 12.4 Å². The topological polar surface area (TPSA) is 40.7 Å². The van der Waals surface area contributed by atoms with Gasteiger partial charge in [-0.3, -0.25) is 0 Å². The number of aromatic amines is 1. The summed E-state index contributed by atoms with van der Waals surface area (Å²) in [4.78, 5) is 7.48. The Morgan fingerprint density at radius 2 is 2.25 bits per heavy atom. The van der Waals surface area contributed by atoms with Gasteiger partial charge in [-0.15, -0.1) is 0 Å². The van der Waals surface area contributed by atoms with Gasteiger partial charge in [0.1, 0.15) is 5.82 Å². The Morgan fingerprint density at radius 1 is 1.38 bits per heavy atom. The van der Waals surface area contributed by atoms with E-state index in [-0.39, 0.29) is 0 Å². The van der Waals surface area contributed by atoms with E-state index >= 15 is 0 Å². The van der Waals surface area contributed by atoms with Crippen LogP contribution < -0.4 is 5.32 Å². The third-order valence-corrected chi connectivity index (χ3v) is 3.67. The first kappa shape index (κ1) is 11.6. The average Bonchev–Trinajstić information content (AvgIpc) is 2.72. The SMILES string of the molecule is CC1CCCC(NC(C)c2ncc[nH]2)CC1. The maximum absolute atomic E-state index is 4.30. The zero-order chi connectivity index (χ0) is 11.4. The molecule has 0 saturated heterocycles. The van der Waals surface area contributed by atoms with Crippen LogP contribution in [0.25, 0.3) is 0 Å². The van der Waals surface area contributed by atoms with E-state index in [9.17, 15) is 0 Å². The molecule has 1 fully saturated rings. The molecule has 1 saturated carbocycles. The molecule has 0 bridgehead atoms. The molecule has 1 heterocycles. The molecule has 0 aliphatic heterocycles. The van der Waals surface area contributed by atoms with E-state index in [2.05, 4.69) is 29.1 Å². The summed E-state index contributed by atoms with van der Waals surface area (Å²) in [5.41, 5.74) is 0. The molecule has 3 atom stereocenters. The summed E-state index contributed by atoms with van der Waals surface area (Å²) < 4.78 is 0. The number of rotatable bonds is 3. The standard InChI is InChI=1S/C13H23N3/c1-10-4-3-5-12(7-6-10)16-11(2)13-14-8-9-15-13/h8-12,16H,3-7H2,1-2H3,(H,14,15). The van der Waals surface area contributed by atoms with Crippen LogP contribution in [0, 0.1) is 5.92 Å². The molecule has 0 spiro atoms. The summed E-state index contributed by atoms with van der Waals surface area (Å²) in [5, 5.41) is 3.69. The summed E-state index contributed by atoms with van der Waals surface area (Å²) in [5.74, 6) is 1.96. The lowest BCUT2D eigenvalue weighted by atomic mass is 10.0. The Balaban J connectivity index is 1.84. The van der Waals surface area contributed by atoms with Gasteiger partial charge in [0.25, 0.3) is 0 Å². The Hall–Kier alpha value is -0.830. The normalized spacial score (nSPS) is 28.6. The molecule has 3 unspecified atom stereocenters. The second kappa shape index (κ2) is 5.48. The van der Waals surface area contributed by atoms with Crippen LogP contribution in [-0.4, -0.2) is 16.0 Å². The molecule has 2 rings (SSSR count). The van der Waals surface area contributed by atoms with Crippen LogP contribution in [0.2, 0.25) is 0 Å². The Bertz CT molecular complexity index is 294. The maximum Gasteiger partial charge on any atom is 0.122 e. The molecule has 16 heavy (non-hydrogen) atoms. The van der Waals surface area contributed by atoms with Crippen molar-refractivity contribution in [2.45, 2.75) is 58.0 Å².